The molecule has 0 aliphatic carbocycles. The summed E-state index contributed by atoms with van der Waals surface area (Å²) in [6.45, 7) is 8.86. The second kappa shape index (κ2) is 8.05. The summed E-state index contributed by atoms with van der Waals surface area (Å²) in [5.41, 5.74) is 1.03. The van der Waals surface area contributed by atoms with Gasteiger partial charge in [0.15, 0.2) is 11.5 Å². The van der Waals surface area contributed by atoms with Crippen molar-refractivity contribution in [1.82, 2.24) is 5.32 Å². The third kappa shape index (κ3) is 6.65. The summed E-state index contributed by atoms with van der Waals surface area (Å²) < 4.78 is 11.0. The van der Waals surface area contributed by atoms with Crippen molar-refractivity contribution >= 4 is 6.08 Å². The Morgan fingerprint density at radius 3 is 2.57 bits per heavy atom. The molecule has 21 heavy (non-hydrogen) atoms. The van der Waals surface area contributed by atoms with Crippen LogP contribution in [-0.2, 0) is 0 Å². The monoisotopic (exact) mass is 293 g/mol. The number of hydrogen-bond donors (Lipinski definition) is 2. The van der Waals surface area contributed by atoms with Gasteiger partial charge in [0, 0.05) is 12.1 Å². The number of benzene rings is 1. The van der Waals surface area contributed by atoms with Crippen LogP contribution in [0.2, 0.25) is 0 Å². The first-order valence-corrected chi connectivity index (χ1v) is 7.22. The van der Waals surface area contributed by atoms with Crippen molar-refractivity contribution in [1.29, 1.82) is 0 Å². The normalized spacial score (nSPS) is 13.4. The van der Waals surface area contributed by atoms with Gasteiger partial charge < -0.3 is 19.9 Å². The average molecular weight is 293 g/mol. The fraction of sp³-hybridized carbons (Fsp3) is 0.529. The number of rotatable bonds is 7. The minimum atomic E-state index is -0.566. The fourth-order valence-electron chi connectivity index (χ4n) is 1.77. The van der Waals surface area contributed by atoms with E-state index < -0.39 is 6.10 Å². The Morgan fingerprint density at radius 2 is 2.00 bits per heavy atom. The largest absolute Gasteiger partial charge is 0.493 e. The van der Waals surface area contributed by atoms with Gasteiger partial charge in [-0.3, -0.25) is 0 Å². The highest BCUT2D eigenvalue weighted by molar-refractivity contribution is 5.55. The van der Waals surface area contributed by atoms with Gasteiger partial charge in [-0.1, -0.05) is 18.2 Å². The number of ether oxygens (including phenoxy) is 2. The molecule has 0 saturated heterocycles. The first-order valence-electron chi connectivity index (χ1n) is 7.22. The van der Waals surface area contributed by atoms with Gasteiger partial charge in [-0.25, -0.2) is 0 Å². The van der Waals surface area contributed by atoms with Crippen LogP contribution in [0.4, 0.5) is 0 Å². The number of methoxy groups -OCH3 is 1. The Kier molecular flexibility index (Phi) is 6.72. The maximum Gasteiger partial charge on any atom is 0.161 e. The molecule has 0 saturated carbocycles. The zero-order valence-corrected chi connectivity index (χ0v) is 13.6. The van der Waals surface area contributed by atoms with Gasteiger partial charge in [-0.05, 0) is 45.4 Å². The smallest absolute Gasteiger partial charge is 0.161 e. The Labute approximate surface area is 127 Å². The Morgan fingerprint density at radius 1 is 1.29 bits per heavy atom. The molecule has 0 heterocycles. The number of aliphatic hydroxyl groups is 1. The molecule has 0 bridgehead atoms. The molecule has 0 fully saturated rings. The molecule has 2 N–H and O–H groups in total. The Hall–Kier alpha value is -1.52. The summed E-state index contributed by atoms with van der Waals surface area (Å²) in [7, 11) is 1.61. The molecule has 1 rings (SSSR count). The lowest BCUT2D eigenvalue weighted by Crippen LogP contribution is -2.42. The van der Waals surface area contributed by atoms with E-state index in [1.165, 1.54) is 0 Å². The SMILES string of the molecule is C/C=C/c1ccc(OC[C@H](O)CNC(C)(C)C)c(OC)c1. The summed E-state index contributed by atoms with van der Waals surface area (Å²) >= 11 is 0. The van der Waals surface area contributed by atoms with E-state index in [4.69, 9.17) is 9.47 Å². The Balaban J connectivity index is 2.58. The zero-order chi connectivity index (χ0) is 15.9. The van der Waals surface area contributed by atoms with Gasteiger partial charge in [-0.2, -0.15) is 0 Å². The molecule has 1 aromatic rings. The van der Waals surface area contributed by atoms with Crippen molar-refractivity contribution in [3.05, 3.63) is 29.8 Å². The molecule has 0 spiro atoms. The topological polar surface area (TPSA) is 50.7 Å². The van der Waals surface area contributed by atoms with Crippen molar-refractivity contribution in [3.8, 4) is 11.5 Å². The minimum absolute atomic E-state index is 0.0210. The third-order valence-electron chi connectivity index (χ3n) is 2.85. The van der Waals surface area contributed by atoms with Gasteiger partial charge in [0.05, 0.1) is 7.11 Å². The lowest BCUT2D eigenvalue weighted by molar-refractivity contribution is 0.0985. The summed E-state index contributed by atoms with van der Waals surface area (Å²) in [6, 6.07) is 5.73. The highest BCUT2D eigenvalue weighted by atomic mass is 16.5. The highest BCUT2D eigenvalue weighted by Gasteiger charge is 2.13. The van der Waals surface area contributed by atoms with Gasteiger partial charge in [0.25, 0.3) is 0 Å². The van der Waals surface area contributed by atoms with E-state index in [1.807, 2.05) is 37.3 Å². The van der Waals surface area contributed by atoms with E-state index in [0.29, 0.717) is 18.0 Å². The van der Waals surface area contributed by atoms with Gasteiger partial charge >= 0.3 is 0 Å². The molecule has 118 valence electrons. The first kappa shape index (κ1) is 17.5. The van der Waals surface area contributed by atoms with E-state index in [-0.39, 0.29) is 12.1 Å². The predicted octanol–water partition coefficient (Wildman–Crippen LogP) is 2.86. The fourth-order valence-corrected chi connectivity index (χ4v) is 1.77. The average Bonchev–Trinajstić information content (AvgIpc) is 2.43. The molecule has 0 radical (unpaired) electrons. The van der Waals surface area contributed by atoms with Crippen LogP contribution >= 0.6 is 0 Å². The van der Waals surface area contributed by atoms with Gasteiger partial charge in [0.1, 0.15) is 12.7 Å². The number of allylic oxidation sites excluding steroid dienone is 1. The van der Waals surface area contributed by atoms with Crippen LogP contribution in [0.5, 0.6) is 11.5 Å². The molecule has 4 nitrogen and oxygen atoms in total. The lowest BCUT2D eigenvalue weighted by Gasteiger charge is -2.23. The zero-order valence-electron chi connectivity index (χ0n) is 13.6. The summed E-state index contributed by atoms with van der Waals surface area (Å²) in [5, 5.41) is 13.2. The molecular formula is C17H27NO3. The molecule has 0 aromatic heterocycles. The predicted molar refractivity (Wildman–Crippen MR) is 87.0 cm³/mol. The van der Waals surface area contributed by atoms with Crippen molar-refractivity contribution in [3.63, 3.8) is 0 Å². The quantitative estimate of drug-likeness (QED) is 0.811. The summed E-state index contributed by atoms with van der Waals surface area (Å²) in [4.78, 5) is 0. The molecule has 0 aliphatic heterocycles. The molecular weight excluding hydrogens is 266 g/mol. The van der Waals surface area contributed by atoms with Crippen molar-refractivity contribution in [2.75, 3.05) is 20.3 Å². The van der Waals surface area contributed by atoms with Crippen LogP contribution in [0, 0.1) is 0 Å². The van der Waals surface area contributed by atoms with Crippen LogP contribution in [0.25, 0.3) is 6.08 Å². The number of β-amino-alcohol motifs (C(OH)–C–C–N with tert-alkyl or cyclic N) is 1. The van der Waals surface area contributed by atoms with E-state index >= 15 is 0 Å². The van der Waals surface area contributed by atoms with E-state index in [1.54, 1.807) is 7.11 Å². The van der Waals surface area contributed by atoms with Crippen LogP contribution in [-0.4, -0.2) is 37.0 Å². The third-order valence-corrected chi connectivity index (χ3v) is 2.85. The minimum Gasteiger partial charge on any atom is -0.493 e. The van der Waals surface area contributed by atoms with Gasteiger partial charge in [-0.15, -0.1) is 0 Å². The molecule has 1 aromatic carbocycles. The van der Waals surface area contributed by atoms with E-state index in [0.717, 1.165) is 5.56 Å². The number of nitrogens with one attached hydrogen (secondary N) is 1. The van der Waals surface area contributed by atoms with Crippen LogP contribution in [0.3, 0.4) is 0 Å². The Bertz CT molecular complexity index is 464. The number of hydrogen-bond acceptors (Lipinski definition) is 4. The molecule has 0 unspecified atom stereocenters. The van der Waals surface area contributed by atoms with Crippen molar-refractivity contribution < 1.29 is 14.6 Å². The van der Waals surface area contributed by atoms with Gasteiger partial charge in [0.2, 0.25) is 0 Å². The highest BCUT2D eigenvalue weighted by Crippen LogP contribution is 2.28. The lowest BCUT2D eigenvalue weighted by atomic mass is 10.1. The van der Waals surface area contributed by atoms with E-state index in [9.17, 15) is 5.11 Å². The van der Waals surface area contributed by atoms with Crippen LogP contribution in [0.1, 0.15) is 33.3 Å². The first-order chi connectivity index (χ1) is 9.85. The molecule has 0 aliphatic rings. The molecule has 0 amide bonds. The molecule has 1 atom stereocenters. The summed E-state index contributed by atoms with van der Waals surface area (Å²) in [5.74, 6) is 1.31. The van der Waals surface area contributed by atoms with E-state index in [2.05, 4.69) is 26.1 Å². The van der Waals surface area contributed by atoms with Crippen molar-refractivity contribution in [2.45, 2.75) is 39.3 Å². The van der Waals surface area contributed by atoms with Crippen molar-refractivity contribution in [2.24, 2.45) is 0 Å². The molecule has 4 heteroatoms. The second-order valence-corrected chi connectivity index (χ2v) is 6.01. The number of aliphatic hydroxyl groups excluding tert-OH is 1. The maximum absolute atomic E-state index is 9.94. The standard InChI is InChI=1S/C17H27NO3/c1-6-7-13-8-9-15(16(10-13)20-5)21-12-14(19)11-18-17(2,3)4/h6-10,14,18-19H,11-12H2,1-5H3/b7-6+/t14-/m1/s1. The second-order valence-electron chi connectivity index (χ2n) is 6.01. The maximum atomic E-state index is 9.94. The van der Waals surface area contributed by atoms with Crippen LogP contribution < -0.4 is 14.8 Å². The summed E-state index contributed by atoms with van der Waals surface area (Å²) in [6.07, 6.45) is 3.40. The van der Waals surface area contributed by atoms with Crippen LogP contribution in [0.15, 0.2) is 24.3 Å².